The van der Waals surface area contributed by atoms with Gasteiger partial charge in [0, 0.05) is 11.4 Å². The zero-order valence-corrected chi connectivity index (χ0v) is 26.4. The van der Waals surface area contributed by atoms with E-state index in [1.54, 1.807) is 29.2 Å². The molecule has 3 aliphatic heterocycles. The number of carbonyl (C=O) groups excluding carboxylic acids is 3. The summed E-state index contributed by atoms with van der Waals surface area (Å²) in [5.41, 5.74) is -0.880. The van der Waals surface area contributed by atoms with Crippen LogP contribution in [0.4, 0.5) is 11.4 Å². The van der Waals surface area contributed by atoms with Crippen LogP contribution in [0.1, 0.15) is 53.4 Å². The quantitative estimate of drug-likeness (QED) is 0.268. The maximum absolute atomic E-state index is 14.6. The second-order valence-electron chi connectivity index (χ2n) is 12.7. The van der Waals surface area contributed by atoms with E-state index in [0.29, 0.717) is 49.4 Å². The van der Waals surface area contributed by atoms with E-state index < -0.39 is 35.1 Å². The van der Waals surface area contributed by atoms with Crippen LogP contribution >= 0.6 is 0 Å². The molecule has 1 spiro atoms. The highest BCUT2D eigenvalue weighted by Crippen LogP contribution is 2.65. The van der Waals surface area contributed by atoms with Crippen LogP contribution in [0.5, 0.6) is 5.75 Å². The Balaban J connectivity index is 1.38. The molecule has 0 aromatic heterocycles. The van der Waals surface area contributed by atoms with Gasteiger partial charge in [-0.05, 0) is 79.3 Å². The van der Waals surface area contributed by atoms with Crippen molar-refractivity contribution in [2.75, 3.05) is 23.8 Å². The average Bonchev–Trinajstić information content (AvgIpc) is 3.66. The fourth-order valence-corrected chi connectivity index (χ4v) is 8.02. The van der Waals surface area contributed by atoms with Gasteiger partial charge in [-0.15, -0.1) is 0 Å². The van der Waals surface area contributed by atoms with Crippen molar-refractivity contribution < 1.29 is 29.0 Å². The summed E-state index contributed by atoms with van der Waals surface area (Å²) >= 11 is 0. The Hall–Kier alpha value is -3.95. The van der Waals surface area contributed by atoms with Gasteiger partial charge in [-0.2, -0.15) is 0 Å². The van der Waals surface area contributed by atoms with Crippen LogP contribution in [0, 0.1) is 17.8 Å². The predicted molar refractivity (Wildman–Crippen MR) is 173 cm³/mol. The number of amides is 3. The summed E-state index contributed by atoms with van der Waals surface area (Å²) in [5.74, 6) is -2.03. The molecule has 7 atom stereocenters. The SMILES string of the molecule is CCOc1ccc(NC(=O)[C@H]2[C@H]3C(=O)N([C@@H](CO)[C@@H](C)CC)C(C(=O)Nc4ccc5ccccc5c4)C34CC[C@]2(CC)O4)cc1. The van der Waals surface area contributed by atoms with Gasteiger partial charge in [0.15, 0.2) is 0 Å². The van der Waals surface area contributed by atoms with Crippen LogP contribution < -0.4 is 15.4 Å². The maximum Gasteiger partial charge on any atom is 0.250 e. The van der Waals surface area contributed by atoms with Crippen LogP contribution in [-0.2, 0) is 19.1 Å². The fourth-order valence-electron chi connectivity index (χ4n) is 8.02. The Bertz CT molecular complexity index is 1590. The molecule has 3 heterocycles. The molecule has 0 aliphatic carbocycles. The molecule has 3 N–H and O–H groups in total. The van der Waals surface area contributed by atoms with Gasteiger partial charge in [0.2, 0.25) is 17.7 Å². The van der Waals surface area contributed by atoms with Gasteiger partial charge < -0.3 is 30.1 Å². The van der Waals surface area contributed by atoms with Crippen molar-refractivity contribution in [2.45, 2.75) is 76.7 Å². The summed E-state index contributed by atoms with van der Waals surface area (Å²) in [7, 11) is 0. The molecule has 9 nitrogen and oxygen atoms in total. The van der Waals surface area contributed by atoms with E-state index in [1.165, 1.54) is 0 Å². The number of aliphatic hydroxyl groups is 1. The third kappa shape index (κ3) is 5.06. The first kappa shape index (κ1) is 31.0. The zero-order chi connectivity index (χ0) is 31.9. The molecule has 0 radical (unpaired) electrons. The van der Waals surface area contributed by atoms with Crippen LogP contribution in [-0.4, -0.2) is 64.2 Å². The summed E-state index contributed by atoms with van der Waals surface area (Å²) in [4.78, 5) is 44.8. The minimum absolute atomic E-state index is 0.0846. The first-order valence-electron chi connectivity index (χ1n) is 16.2. The topological polar surface area (TPSA) is 117 Å². The van der Waals surface area contributed by atoms with Gasteiger partial charge in [-0.1, -0.05) is 57.5 Å². The molecule has 9 heteroatoms. The third-order valence-electron chi connectivity index (χ3n) is 10.4. The average molecular weight is 614 g/mol. The molecule has 45 heavy (non-hydrogen) atoms. The second-order valence-corrected chi connectivity index (χ2v) is 12.7. The second kappa shape index (κ2) is 12.1. The molecule has 3 aliphatic rings. The van der Waals surface area contributed by atoms with E-state index in [-0.39, 0.29) is 30.2 Å². The number of hydrogen-bond acceptors (Lipinski definition) is 6. The standard InChI is InChI=1S/C36H43N3O6/c1-5-22(4)28(21-40)39-31(33(42)38-26-13-12-23-10-8-9-11-24(23)20-26)36-19-18-35(6-2,45-36)29(30(36)34(39)43)32(41)37-25-14-16-27(17-15-25)44-7-3/h8-17,20,22,28-31,40H,5-7,18-19,21H2,1-4H3,(H,37,41)(H,38,42)/t22-,28-,29+,30-,31?,35-,36?/m0/s1. The highest BCUT2D eigenvalue weighted by atomic mass is 16.5. The van der Waals surface area contributed by atoms with Crippen LogP contribution in [0.2, 0.25) is 0 Å². The number of benzene rings is 3. The number of rotatable bonds is 11. The van der Waals surface area contributed by atoms with Crippen molar-refractivity contribution in [1.82, 2.24) is 4.90 Å². The smallest absolute Gasteiger partial charge is 0.250 e. The van der Waals surface area contributed by atoms with Gasteiger partial charge >= 0.3 is 0 Å². The summed E-state index contributed by atoms with van der Waals surface area (Å²) in [6.45, 7) is 8.08. The highest BCUT2D eigenvalue weighted by molar-refractivity contribution is 6.06. The van der Waals surface area contributed by atoms with Gasteiger partial charge in [0.05, 0.1) is 36.7 Å². The van der Waals surface area contributed by atoms with Crippen molar-refractivity contribution >= 4 is 39.9 Å². The number of anilines is 2. The number of likely N-dealkylation sites (tertiary alicyclic amines) is 1. The molecular formula is C36H43N3O6. The molecular weight excluding hydrogens is 570 g/mol. The van der Waals surface area contributed by atoms with Crippen LogP contribution in [0.25, 0.3) is 10.8 Å². The fraction of sp³-hybridized carbons (Fsp3) is 0.472. The monoisotopic (exact) mass is 613 g/mol. The minimum Gasteiger partial charge on any atom is -0.494 e. The minimum atomic E-state index is -1.20. The third-order valence-corrected chi connectivity index (χ3v) is 10.4. The lowest BCUT2D eigenvalue weighted by atomic mass is 9.65. The van der Waals surface area contributed by atoms with E-state index >= 15 is 0 Å². The normalized spacial score (nSPS) is 28.2. The molecule has 2 bridgehead atoms. The van der Waals surface area contributed by atoms with E-state index in [1.807, 2.05) is 70.2 Å². The number of nitrogens with one attached hydrogen (secondary N) is 2. The molecule has 3 aromatic carbocycles. The van der Waals surface area contributed by atoms with Crippen molar-refractivity contribution in [1.29, 1.82) is 0 Å². The Labute approximate surface area is 264 Å². The summed E-state index contributed by atoms with van der Waals surface area (Å²) in [6.07, 6.45) is 2.24. The number of nitrogens with zero attached hydrogens (tertiary/aromatic N) is 1. The lowest BCUT2D eigenvalue weighted by Crippen LogP contribution is -2.57. The summed E-state index contributed by atoms with van der Waals surface area (Å²) in [6, 6.07) is 19.1. The number of ether oxygens (including phenoxy) is 2. The van der Waals surface area contributed by atoms with Crippen molar-refractivity contribution in [3.05, 3.63) is 66.7 Å². The molecule has 0 saturated carbocycles. The van der Waals surface area contributed by atoms with Gasteiger partial charge in [-0.3, -0.25) is 14.4 Å². The molecule has 2 unspecified atom stereocenters. The number of aliphatic hydroxyl groups excluding tert-OH is 1. The lowest BCUT2D eigenvalue weighted by molar-refractivity contribution is -0.149. The Morgan fingerprint density at radius 3 is 2.33 bits per heavy atom. The molecule has 3 saturated heterocycles. The Kier molecular flexibility index (Phi) is 8.35. The van der Waals surface area contributed by atoms with Crippen molar-refractivity contribution in [3.8, 4) is 5.75 Å². The highest BCUT2D eigenvalue weighted by Gasteiger charge is 2.79. The number of carbonyl (C=O) groups is 3. The van der Waals surface area contributed by atoms with E-state index in [9.17, 15) is 19.5 Å². The Morgan fingerprint density at radius 1 is 0.978 bits per heavy atom. The lowest BCUT2D eigenvalue weighted by Gasteiger charge is -2.39. The predicted octanol–water partition coefficient (Wildman–Crippen LogP) is 5.38. The summed E-state index contributed by atoms with van der Waals surface area (Å²) < 4.78 is 12.4. The van der Waals surface area contributed by atoms with Crippen LogP contribution in [0.3, 0.4) is 0 Å². The summed E-state index contributed by atoms with van der Waals surface area (Å²) in [5, 5.41) is 18.7. The number of fused-ring (bicyclic) bond motifs is 2. The van der Waals surface area contributed by atoms with Crippen molar-refractivity contribution in [2.24, 2.45) is 17.8 Å². The van der Waals surface area contributed by atoms with Gasteiger partial charge in [-0.25, -0.2) is 0 Å². The first-order valence-corrected chi connectivity index (χ1v) is 16.2. The maximum atomic E-state index is 14.6. The molecule has 6 rings (SSSR count). The Morgan fingerprint density at radius 2 is 1.67 bits per heavy atom. The molecule has 3 amide bonds. The van der Waals surface area contributed by atoms with Crippen LogP contribution in [0.15, 0.2) is 66.7 Å². The van der Waals surface area contributed by atoms with E-state index in [4.69, 9.17) is 9.47 Å². The largest absolute Gasteiger partial charge is 0.494 e. The van der Waals surface area contributed by atoms with Gasteiger partial charge in [0.1, 0.15) is 17.4 Å². The van der Waals surface area contributed by atoms with E-state index in [0.717, 1.165) is 10.8 Å². The van der Waals surface area contributed by atoms with E-state index in [2.05, 4.69) is 10.6 Å². The van der Waals surface area contributed by atoms with Gasteiger partial charge in [0.25, 0.3) is 0 Å². The first-order chi connectivity index (χ1) is 21.7. The zero-order valence-electron chi connectivity index (χ0n) is 26.4. The molecule has 3 fully saturated rings. The molecule has 3 aromatic rings. The molecule has 238 valence electrons. The van der Waals surface area contributed by atoms with Crippen molar-refractivity contribution in [3.63, 3.8) is 0 Å². The number of hydrogen-bond donors (Lipinski definition) is 3.